The third kappa shape index (κ3) is 5.86. The van der Waals surface area contributed by atoms with Gasteiger partial charge in [-0.2, -0.15) is 0 Å². The van der Waals surface area contributed by atoms with E-state index in [4.69, 9.17) is 5.73 Å². The number of carboxylic acids is 1. The van der Waals surface area contributed by atoms with Gasteiger partial charge < -0.3 is 16.2 Å². The Kier molecular flexibility index (Phi) is 7.82. The van der Waals surface area contributed by atoms with Crippen LogP contribution in [0, 0.1) is 19.7 Å². The monoisotopic (exact) mass is 519 g/mol. The predicted molar refractivity (Wildman–Crippen MR) is 139 cm³/mol. The van der Waals surface area contributed by atoms with E-state index >= 15 is 0 Å². The number of carbonyl (C=O) groups is 3. The molecule has 1 aromatic heterocycles. The van der Waals surface area contributed by atoms with Crippen molar-refractivity contribution in [2.75, 3.05) is 12.3 Å². The summed E-state index contributed by atoms with van der Waals surface area (Å²) in [4.78, 5) is 46.6. The minimum absolute atomic E-state index is 0.00651. The highest BCUT2D eigenvalue weighted by Crippen LogP contribution is 2.39. The molecule has 1 atom stereocenters. The van der Waals surface area contributed by atoms with Gasteiger partial charge in [0, 0.05) is 24.7 Å². The Bertz CT molecular complexity index is 1420. The number of nitrogens with one attached hydrogen (secondary N) is 1. The number of carbonyl (C=O) groups excluding carboxylic acids is 2. The van der Waals surface area contributed by atoms with Gasteiger partial charge in [-0.1, -0.05) is 24.3 Å². The molecule has 4 N–H and O–H groups in total. The molecule has 0 saturated carbocycles. The van der Waals surface area contributed by atoms with Crippen LogP contribution < -0.4 is 11.1 Å². The Morgan fingerprint density at radius 2 is 1.92 bits per heavy atom. The number of nitrogens with two attached hydrogens (primary N) is 1. The number of anilines is 1. The molecule has 10 heteroatoms. The highest BCUT2D eigenvalue weighted by atomic mass is 19.1. The molecular formula is C28H30FN5O4. The number of ketones is 1. The van der Waals surface area contributed by atoms with E-state index in [1.807, 2.05) is 13.0 Å². The van der Waals surface area contributed by atoms with Crippen molar-refractivity contribution in [1.82, 2.24) is 20.2 Å². The molecule has 1 aliphatic rings. The van der Waals surface area contributed by atoms with Crippen LogP contribution >= 0.6 is 0 Å². The maximum atomic E-state index is 13.5. The van der Waals surface area contributed by atoms with Crippen LogP contribution in [0.2, 0.25) is 0 Å². The van der Waals surface area contributed by atoms with Crippen molar-refractivity contribution >= 4 is 23.6 Å². The molecule has 1 aliphatic carbocycles. The standard InChI is InChI=1S/C28H30FN5O4/c1-15-10-18(4-8-23(15)29)12-31-27(38)24-11-19(32-28(30)33-24)13-34(14-26(36)37)25-9-7-21-16(2)20(17(3)35)5-6-22(21)25/h4-6,8,10-11,25H,7,9,12-14H2,1-3H3,(H,31,38)(H,36,37)(H2,30,32,33). The average molecular weight is 520 g/mol. The van der Waals surface area contributed by atoms with Crippen LogP contribution in [0.4, 0.5) is 10.3 Å². The summed E-state index contributed by atoms with van der Waals surface area (Å²) in [5.41, 5.74) is 11.2. The number of nitrogen functional groups attached to an aromatic ring is 1. The maximum Gasteiger partial charge on any atom is 0.317 e. The van der Waals surface area contributed by atoms with Crippen LogP contribution in [0.15, 0.2) is 36.4 Å². The lowest BCUT2D eigenvalue weighted by Crippen LogP contribution is -2.33. The largest absolute Gasteiger partial charge is 0.480 e. The fourth-order valence-corrected chi connectivity index (χ4v) is 5.08. The maximum absolute atomic E-state index is 13.5. The zero-order valence-electron chi connectivity index (χ0n) is 21.5. The SMILES string of the molecule is CC(=O)c1ccc2c(c1C)CCC2N(CC(=O)O)Cc1cc(C(=O)NCc2ccc(F)c(C)c2)nc(N)n1. The van der Waals surface area contributed by atoms with Gasteiger partial charge >= 0.3 is 5.97 Å². The van der Waals surface area contributed by atoms with E-state index in [1.54, 1.807) is 30.0 Å². The lowest BCUT2D eigenvalue weighted by Gasteiger charge is -2.28. The van der Waals surface area contributed by atoms with E-state index in [0.29, 0.717) is 23.2 Å². The number of aromatic nitrogens is 2. The first-order valence-electron chi connectivity index (χ1n) is 12.3. The number of nitrogens with zero attached hydrogens (tertiary/aromatic N) is 3. The van der Waals surface area contributed by atoms with Gasteiger partial charge in [0.2, 0.25) is 5.95 Å². The van der Waals surface area contributed by atoms with Crippen LogP contribution in [0.5, 0.6) is 0 Å². The molecule has 0 bridgehead atoms. The molecule has 2 aromatic carbocycles. The summed E-state index contributed by atoms with van der Waals surface area (Å²) in [5.74, 6) is -1.91. The van der Waals surface area contributed by atoms with Crippen molar-refractivity contribution < 1.29 is 23.9 Å². The third-order valence-electron chi connectivity index (χ3n) is 6.89. The molecule has 9 nitrogen and oxygen atoms in total. The minimum atomic E-state index is -0.995. The predicted octanol–water partition coefficient (Wildman–Crippen LogP) is 3.52. The first-order chi connectivity index (χ1) is 18.0. The van der Waals surface area contributed by atoms with Gasteiger partial charge in [0.05, 0.1) is 12.2 Å². The molecule has 1 heterocycles. The highest BCUT2D eigenvalue weighted by molar-refractivity contribution is 5.96. The first kappa shape index (κ1) is 26.9. The summed E-state index contributed by atoms with van der Waals surface area (Å²) in [6.07, 6.45) is 1.42. The number of hydrogen-bond donors (Lipinski definition) is 3. The van der Waals surface area contributed by atoms with E-state index in [0.717, 1.165) is 28.7 Å². The lowest BCUT2D eigenvalue weighted by molar-refractivity contribution is -0.139. The second kappa shape index (κ2) is 11.1. The molecule has 0 fully saturated rings. The number of Topliss-reactive ketones (excluding diaryl/α,β-unsaturated/α-hetero) is 1. The first-order valence-corrected chi connectivity index (χ1v) is 12.3. The van der Waals surface area contributed by atoms with Gasteiger partial charge in [-0.15, -0.1) is 0 Å². The smallest absolute Gasteiger partial charge is 0.317 e. The quantitative estimate of drug-likeness (QED) is 0.365. The van der Waals surface area contributed by atoms with E-state index in [-0.39, 0.29) is 48.9 Å². The van der Waals surface area contributed by atoms with E-state index < -0.39 is 11.9 Å². The summed E-state index contributed by atoms with van der Waals surface area (Å²) in [6, 6.07) is 9.58. The number of carboxylic acid groups (broad SMARTS) is 1. The summed E-state index contributed by atoms with van der Waals surface area (Å²) in [7, 11) is 0. The highest BCUT2D eigenvalue weighted by Gasteiger charge is 2.31. The number of hydrogen-bond acceptors (Lipinski definition) is 7. The molecule has 4 rings (SSSR count). The Balaban J connectivity index is 1.55. The second-order valence-electron chi connectivity index (χ2n) is 9.58. The van der Waals surface area contributed by atoms with Gasteiger partial charge in [-0.05, 0) is 73.6 Å². The molecule has 0 spiro atoms. The van der Waals surface area contributed by atoms with Crippen LogP contribution in [-0.2, 0) is 24.3 Å². The molecule has 198 valence electrons. The van der Waals surface area contributed by atoms with Crippen molar-refractivity contribution in [2.45, 2.75) is 52.7 Å². The molecule has 3 aromatic rings. The Morgan fingerprint density at radius 3 is 2.61 bits per heavy atom. The number of benzene rings is 2. The van der Waals surface area contributed by atoms with E-state index in [9.17, 15) is 23.9 Å². The van der Waals surface area contributed by atoms with Crippen molar-refractivity contribution in [2.24, 2.45) is 0 Å². The van der Waals surface area contributed by atoms with Gasteiger partial charge in [-0.25, -0.2) is 14.4 Å². The molecule has 0 saturated heterocycles. The van der Waals surface area contributed by atoms with Gasteiger partial charge in [-0.3, -0.25) is 19.3 Å². The fraction of sp³-hybridized carbons (Fsp3) is 0.321. The van der Waals surface area contributed by atoms with Crippen LogP contribution in [0.1, 0.15) is 73.7 Å². The van der Waals surface area contributed by atoms with Crippen LogP contribution in [0.3, 0.4) is 0 Å². The molecule has 1 unspecified atom stereocenters. The lowest BCUT2D eigenvalue weighted by atomic mass is 9.95. The van der Waals surface area contributed by atoms with Gasteiger partial charge in [0.15, 0.2) is 5.78 Å². The molecule has 0 aliphatic heterocycles. The molecular weight excluding hydrogens is 489 g/mol. The molecule has 38 heavy (non-hydrogen) atoms. The number of amides is 1. The Labute approximate surface area is 219 Å². The fourth-order valence-electron chi connectivity index (χ4n) is 5.08. The zero-order chi connectivity index (χ0) is 27.6. The summed E-state index contributed by atoms with van der Waals surface area (Å²) in [6.45, 7) is 5.16. The summed E-state index contributed by atoms with van der Waals surface area (Å²) < 4.78 is 13.5. The third-order valence-corrected chi connectivity index (χ3v) is 6.89. The van der Waals surface area contributed by atoms with E-state index in [2.05, 4.69) is 15.3 Å². The van der Waals surface area contributed by atoms with Crippen molar-refractivity contribution in [1.29, 1.82) is 0 Å². The van der Waals surface area contributed by atoms with Gasteiger partial charge in [0.1, 0.15) is 11.5 Å². The molecule has 0 radical (unpaired) electrons. The zero-order valence-corrected chi connectivity index (χ0v) is 21.5. The van der Waals surface area contributed by atoms with Crippen molar-refractivity contribution in [3.63, 3.8) is 0 Å². The molecule has 1 amide bonds. The number of halogens is 1. The van der Waals surface area contributed by atoms with Crippen LogP contribution in [0.25, 0.3) is 0 Å². The Morgan fingerprint density at radius 1 is 1.16 bits per heavy atom. The number of aryl methyl sites for hydroxylation is 1. The van der Waals surface area contributed by atoms with Crippen molar-refractivity contribution in [3.05, 3.63) is 87.0 Å². The van der Waals surface area contributed by atoms with Gasteiger partial charge in [0.25, 0.3) is 5.91 Å². The van der Waals surface area contributed by atoms with Crippen molar-refractivity contribution in [3.8, 4) is 0 Å². The van der Waals surface area contributed by atoms with Crippen LogP contribution in [-0.4, -0.2) is 44.2 Å². The Hall–Kier alpha value is -4.18. The normalized spacial score (nSPS) is 14.4. The summed E-state index contributed by atoms with van der Waals surface area (Å²) in [5, 5.41) is 12.4. The number of rotatable bonds is 9. The minimum Gasteiger partial charge on any atom is -0.480 e. The average Bonchev–Trinajstić information content (AvgIpc) is 3.28. The summed E-state index contributed by atoms with van der Waals surface area (Å²) >= 11 is 0. The number of aliphatic carboxylic acids is 1. The topological polar surface area (TPSA) is 139 Å². The van der Waals surface area contributed by atoms with E-state index in [1.165, 1.54) is 19.1 Å². The number of fused-ring (bicyclic) bond motifs is 1. The second-order valence-corrected chi connectivity index (χ2v) is 9.58.